The van der Waals surface area contributed by atoms with Gasteiger partial charge in [-0.25, -0.2) is 4.79 Å². The van der Waals surface area contributed by atoms with Crippen molar-refractivity contribution in [1.29, 1.82) is 0 Å². The highest BCUT2D eigenvalue weighted by Gasteiger charge is 2.47. The van der Waals surface area contributed by atoms with E-state index in [-0.39, 0.29) is 16.9 Å². The largest absolute Gasteiger partial charge is 0.507 e. The van der Waals surface area contributed by atoms with Gasteiger partial charge in [-0.1, -0.05) is 32.0 Å². The Morgan fingerprint density at radius 2 is 1.64 bits per heavy atom. The number of carbonyl (C=O) groups is 3. The van der Waals surface area contributed by atoms with Crippen LogP contribution in [0.5, 0.6) is 5.75 Å². The summed E-state index contributed by atoms with van der Waals surface area (Å²) in [5, 5.41) is 11.4. The van der Waals surface area contributed by atoms with Crippen molar-refractivity contribution in [2.75, 3.05) is 37.6 Å². The molecule has 1 unspecified atom stereocenters. The molecule has 8 heteroatoms. The van der Waals surface area contributed by atoms with Gasteiger partial charge in [0, 0.05) is 31.0 Å². The van der Waals surface area contributed by atoms with Crippen molar-refractivity contribution in [3.63, 3.8) is 0 Å². The summed E-state index contributed by atoms with van der Waals surface area (Å²) >= 11 is 0. The normalized spacial score (nSPS) is 16.5. The lowest BCUT2D eigenvalue weighted by Gasteiger charge is -2.26. The van der Waals surface area contributed by atoms with Crippen molar-refractivity contribution in [3.05, 3.63) is 95.1 Å². The number of nitrogens with zero attached hydrogens (tertiary/aromatic N) is 2. The molecule has 1 fully saturated rings. The Labute approximate surface area is 228 Å². The number of ether oxygens (including phenoxy) is 2. The van der Waals surface area contributed by atoms with Crippen molar-refractivity contribution >= 4 is 34.8 Å². The lowest BCUT2D eigenvalue weighted by molar-refractivity contribution is -0.132. The van der Waals surface area contributed by atoms with Gasteiger partial charge in [0.1, 0.15) is 11.5 Å². The first-order valence-electron chi connectivity index (χ1n) is 12.6. The molecule has 3 aromatic carbocycles. The lowest BCUT2D eigenvalue weighted by atomic mass is 9.94. The number of ketones is 1. The molecule has 0 radical (unpaired) electrons. The highest BCUT2D eigenvalue weighted by molar-refractivity contribution is 6.51. The smallest absolute Gasteiger partial charge is 0.337 e. The first-order valence-corrected chi connectivity index (χ1v) is 12.6. The van der Waals surface area contributed by atoms with Crippen LogP contribution in [0.25, 0.3) is 5.76 Å². The zero-order chi connectivity index (χ0) is 28.3. The number of Topliss-reactive ketones (excluding diaryl/α,β-unsaturated/α-hetero) is 1. The number of methoxy groups -OCH3 is 1. The zero-order valence-electron chi connectivity index (χ0n) is 22.7. The highest BCUT2D eigenvalue weighted by atomic mass is 16.5. The van der Waals surface area contributed by atoms with Gasteiger partial charge in [-0.2, -0.15) is 0 Å². The number of anilines is 2. The molecule has 1 N–H and O–H groups in total. The Bertz CT molecular complexity index is 1410. The fraction of sp³-hybridized carbons (Fsp3) is 0.258. The number of esters is 1. The van der Waals surface area contributed by atoms with E-state index in [2.05, 4.69) is 0 Å². The van der Waals surface area contributed by atoms with Gasteiger partial charge in [0.05, 0.1) is 30.9 Å². The van der Waals surface area contributed by atoms with Crippen LogP contribution in [0.15, 0.2) is 78.4 Å². The van der Waals surface area contributed by atoms with Gasteiger partial charge in [-0.3, -0.25) is 14.5 Å². The minimum absolute atomic E-state index is 0.0445. The molecule has 0 bridgehead atoms. The predicted octanol–water partition coefficient (Wildman–Crippen LogP) is 5.20. The van der Waals surface area contributed by atoms with Crippen LogP contribution in [-0.4, -0.2) is 50.6 Å². The van der Waals surface area contributed by atoms with Crippen LogP contribution in [-0.2, 0) is 14.3 Å². The van der Waals surface area contributed by atoms with Crippen LogP contribution in [0.4, 0.5) is 11.4 Å². The average Bonchev–Trinajstić information content (AvgIpc) is 3.21. The van der Waals surface area contributed by atoms with Crippen LogP contribution in [0.2, 0.25) is 0 Å². The molecule has 1 aliphatic rings. The summed E-state index contributed by atoms with van der Waals surface area (Å²) < 4.78 is 10.6. The molecule has 1 atom stereocenters. The third kappa shape index (κ3) is 5.65. The molecule has 0 saturated carbocycles. The van der Waals surface area contributed by atoms with Crippen molar-refractivity contribution in [2.45, 2.75) is 19.9 Å². The van der Waals surface area contributed by atoms with Gasteiger partial charge in [-0.15, -0.1) is 0 Å². The van der Waals surface area contributed by atoms with E-state index in [1.807, 2.05) is 57.1 Å². The van der Waals surface area contributed by atoms with Crippen molar-refractivity contribution < 1.29 is 29.0 Å². The Kier molecular flexibility index (Phi) is 8.04. The Morgan fingerprint density at radius 3 is 2.23 bits per heavy atom. The molecule has 4 rings (SSSR count). The number of amides is 1. The number of rotatable bonds is 8. The van der Waals surface area contributed by atoms with Gasteiger partial charge in [-0.05, 0) is 66.1 Å². The molecule has 3 aromatic rings. The molecule has 0 aliphatic carbocycles. The first-order chi connectivity index (χ1) is 18.6. The number of benzene rings is 3. The van der Waals surface area contributed by atoms with Crippen molar-refractivity contribution in [2.24, 2.45) is 5.92 Å². The van der Waals surface area contributed by atoms with E-state index in [0.29, 0.717) is 35.1 Å². The van der Waals surface area contributed by atoms with Crippen molar-refractivity contribution in [1.82, 2.24) is 0 Å². The van der Waals surface area contributed by atoms with Gasteiger partial charge in [0.25, 0.3) is 11.7 Å². The summed E-state index contributed by atoms with van der Waals surface area (Å²) in [6.45, 7) is 4.64. The second-order valence-corrected chi connectivity index (χ2v) is 9.93. The van der Waals surface area contributed by atoms with Crippen LogP contribution in [0.1, 0.15) is 41.4 Å². The molecule has 0 spiro atoms. The number of hydrogen-bond donors (Lipinski definition) is 1. The Hall–Kier alpha value is -4.59. The summed E-state index contributed by atoms with van der Waals surface area (Å²) in [5.74, 6) is -1.51. The SMILES string of the molecule is COC(=O)c1cccc(N2C(=O)C(=O)/C(=C(/O)c3ccc(OCC(C)C)cc3)C2c2ccc(N(C)C)cc2)c1. The number of hydrogen-bond acceptors (Lipinski definition) is 7. The quantitative estimate of drug-likeness (QED) is 0.186. The Morgan fingerprint density at radius 1 is 0.974 bits per heavy atom. The van der Waals surface area contributed by atoms with Crippen molar-refractivity contribution in [3.8, 4) is 5.75 Å². The second-order valence-electron chi connectivity index (χ2n) is 9.93. The predicted molar refractivity (Wildman–Crippen MR) is 150 cm³/mol. The summed E-state index contributed by atoms with van der Waals surface area (Å²) in [6.07, 6.45) is 0. The standard InChI is InChI=1S/C31H32N2O6/c1-19(2)18-39-25-15-11-21(12-16-25)28(34)26-27(20-9-13-23(14-10-20)32(3)4)33(30(36)29(26)35)24-8-6-7-22(17-24)31(37)38-5/h6-17,19,27,34H,18H2,1-5H3/b28-26+. The summed E-state index contributed by atoms with van der Waals surface area (Å²) in [6, 6.07) is 19.5. The topological polar surface area (TPSA) is 96.4 Å². The molecule has 1 aliphatic heterocycles. The molecule has 0 aromatic heterocycles. The highest BCUT2D eigenvalue weighted by Crippen LogP contribution is 2.42. The molecular formula is C31H32N2O6. The fourth-order valence-corrected chi connectivity index (χ4v) is 4.40. The second kappa shape index (κ2) is 11.4. The molecule has 8 nitrogen and oxygen atoms in total. The van der Waals surface area contributed by atoms with Gasteiger partial charge in [0.2, 0.25) is 0 Å². The van der Waals surface area contributed by atoms with Gasteiger partial charge in [0.15, 0.2) is 0 Å². The van der Waals surface area contributed by atoms with Crippen LogP contribution in [0.3, 0.4) is 0 Å². The molecule has 1 saturated heterocycles. The minimum Gasteiger partial charge on any atom is -0.507 e. The number of aliphatic hydroxyl groups is 1. The van der Waals surface area contributed by atoms with E-state index >= 15 is 0 Å². The zero-order valence-corrected chi connectivity index (χ0v) is 22.7. The van der Waals surface area contributed by atoms with Crippen LogP contribution in [0, 0.1) is 5.92 Å². The van der Waals surface area contributed by atoms with Crippen LogP contribution < -0.4 is 14.5 Å². The number of carbonyl (C=O) groups excluding carboxylic acids is 3. The van der Waals surface area contributed by atoms with E-state index in [1.165, 1.54) is 18.1 Å². The average molecular weight is 529 g/mol. The number of aliphatic hydroxyl groups excluding tert-OH is 1. The van der Waals surface area contributed by atoms with E-state index < -0.39 is 23.7 Å². The minimum atomic E-state index is -0.925. The van der Waals surface area contributed by atoms with Gasteiger partial charge < -0.3 is 19.5 Å². The maximum Gasteiger partial charge on any atom is 0.337 e. The third-order valence-corrected chi connectivity index (χ3v) is 6.43. The maximum atomic E-state index is 13.5. The van der Waals surface area contributed by atoms with E-state index in [0.717, 1.165) is 5.69 Å². The summed E-state index contributed by atoms with van der Waals surface area (Å²) in [4.78, 5) is 42.3. The van der Waals surface area contributed by atoms with E-state index in [9.17, 15) is 19.5 Å². The van der Waals surface area contributed by atoms with E-state index in [4.69, 9.17) is 9.47 Å². The molecule has 1 amide bonds. The summed E-state index contributed by atoms with van der Waals surface area (Å²) in [7, 11) is 5.09. The van der Waals surface area contributed by atoms with E-state index in [1.54, 1.807) is 42.5 Å². The fourth-order valence-electron chi connectivity index (χ4n) is 4.40. The molecule has 1 heterocycles. The molecule has 202 valence electrons. The molecule has 39 heavy (non-hydrogen) atoms. The molecular weight excluding hydrogens is 496 g/mol. The van der Waals surface area contributed by atoms with Gasteiger partial charge >= 0.3 is 5.97 Å². The van der Waals surface area contributed by atoms with Crippen LogP contribution >= 0.6 is 0 Å². The lowest BCUT2D eigenvalue weighted by Crippen LogP contribution is -2.29. The maximum absolute atomic E-state index is 13.5. The third-order valence-electron chi connectivity index (χ3n) is 6.43. The first kappa shape index (κ1) is 27.4. The monoisotopic (exact) mass is 528 g/mol. The Balaban J connectivity index is 1.84. The summed E-state index contributed by atoms with van der Waals surface area (Å²) in [5.41, 5.74) is 2.45.